The Hall–Kier alpha value is -2.71. The van der Waals surface area contributed by atoms with E-state index >= 15 is 0 Å². The van der Waals surface area contributed by atoms with Crippen LogP contribution in [0.5, 0.6) is 0 Å². The molecule has 6 atom stereocenters. The van der Waals surface area contributed by atoms with Gasteiger partial charge in [-0.15, -0.1) is 0 Å². The van der Waals surface area contributed by atoms with Gasteiger partial charge in [-0.2, -0.15) is 0 Å². The molecule has 0 aromatic rings. The first-order valence-electron chi connectivity index (χ1n) is 10.4. The number of carbonyl (C=O) groups is 6. The quantitative estimate of drug-likeness (QED) is 0.284. The van der Waals surface area contributed by atoms with Gasteiger partial charge < -0.3 is 33.2 Å². The predicted octanol–water partition coefficient (Wildman–Crippen LogP) is 0.298. The largest absolute Gasteiger partial charge is 0.465 e. The molecule has 14 heteroatoms. The first-order chi connectivity index (χ1) is 16.3. The lowest BCUT2D eigenvalue weighted by Crippen LogP contribution is -2.66. The SMILES string of the molecule is COC(=O)[C@@]1(OC)C[C@H](OC(C)=O)[C@@H](OC(C)=O)[C@H]([C@H](OC(C)=O)[C@@H](CSC(C)=O)OC(C)=O)O1. The maximum atomic E-state index is 12.7. The Morgan fingerprint density at radius 1 is 0.886 bits per heavy atom. The summed E-state index contributed by atoms with van der Waals surface area (Å²) in [7, 11) is 2.19. The van der Waals surface area contributed by atoms with Gasteiger partial charge in [0.05, 0.1) is 13.5 Å². The minimum absolute atomic E-state index is 0.185. The molecule has 0 unspecified atom stereocenters. The highest BCUT2D eigenvalue weighted by atomic mass is 32.2. The molecule has 198 valence electrons. The van der Waals surface area contributed by atoms with E-state index in [0.717, 1.165) is 53.7 Å². The Balaban J connectivity index is 3.72. The van der Waals surface area contributed by atoms with Gasteiger partial charge in [0, 0.05) is 47.5 Å². The molecule has 0 aliphatic carbocycles. The van der Waals surface area contributed by atoms with E-state index in [-0.39, 0.29) is 10.9 Å². The number of ether oxygens (including phenoxy) is 7. The molecule has 1 heterocycles. The van der Waals surface area contributed by atoms with Crippen LogP contribution in [0, 0.1) is 0 Å². The van der Waals surface area contributed by atoms with Gasteiger partial charge in [-0.1, -0.05) is 11.8 Å². The van der Waals surface area contributed by atoms with Crippen molar-refractivity contribution in [3.05, 3.63) is 0 Å². The number of esters is 5. The van der Waals surface area contributed by atoms with Crippen molar-refractivity contribution in [2.75, 3.05) is 20.0 Å². The summed E-state index contributed by atoms with van der Waals surface area (Å²) < 4.78 is 37.4. The lowest BCUT2D eigenvalue weighted by Gasteiger charge is -2.47. The molecule has 1 fully saturated rings. The van der Waals surface area contributed by atoms with E-state index in [4.69, 9.17) is 33.2 Å². The maximum Gasteiger partial charge on any atom is 0.366 e. The third-order valence-electron chi connectivity index (χ3n) is 4.69. The Kier molecular flexibility index (Phi) is 11.6. The van der Waals surface area contributed by atoms with Crippen molar-refractivity contribution >= 4 is 46.7 Å². The van der Waals surface area contributed by atoms with Crippen molar-refractivity contribution in [2.24, 2.45) is 0 Å². The molecule has 1 saturated heterocycles. The average Bonchev–Trinajstić information content (AvgIpc) is 2.74. The van der Waals surface area contributed by atoms with Crippen molar-refractivity contribution in [3.63, 3.8) is 0 Å². The molecule has 0 radical (unpaired) electrons. The molecule has 1 rings (SSSR count). The van der Waals surface area contributed by atoms with Gasteiger partial charge in [-0.05, 0) is 0 Å². The molecular weight excluding hydrogens is 492 g/mol. The zero-order valence-electron chi connectivity index (χ0n) is 20.5. The fourth-order valence-electron chi connectivity index (χ4n) is 3.49. The van der Waals surface area contributed by atoms with Gasteiger partial charge in [0.2, 0.25) is 0 Å². The summed E-state index contributed by atoms with van der Waals surface area (Å²) in [4.78, 5) is 71.9. The molecule has 0 aromatic heterocycles. The molecule has 35 heavy (non-hydrogen) atoms. The zero-order valence-corrected chi connectivity index (χ0v) is 21.3. The van der Waals surface area contributed by atoms with Crippen LogP contribution >= 0.6 is 11.8 Å². The number of methoxy groups -OCH3 is 2. The smallest absolute Gasteiger partial charge is 0.366 e. The van der Waals surface area contributed by atoms with Crippen molar-refractivity contribution in [2.45, 2.75) is 77.3 Å². The minimum Gasteiger partial charge on any atom is -0.465 e. The molecular formula is C21H30O13S. The first-order valence-corrected chi connectivity index (χ1v) is 11.4. The third-order valence-corrected chi connectivity index (χ3v) is 5.59. The summed E-state index contributed by atoms with van der Waals surface area (Å²) in [5.41, 5.74) is 0. The third kappa shape index (κ3) is 8.78. The standard InChI is InChI=1S/C21H30O13S/c1-10(22)30-15-8-21(29-7,20(27)28-6)34-19(17(15)32-12(3)24)18(33-13(4)25)16(31-11(2)23)9-35-14(5)26/h15-19H,8-9H2,1-7H3/t15-,16+,17+,18+,19+,21+/m0/s1. The summed E-state index contributed by atoms with van der Waals surface area (Å²) in [6, 6.07) is 0. The first kappa shape index (κ1) is 30.3. The van der Waals surface area contributed by atoms with Gasteiger partial charge in [0.1, 0.15) is 12.2 Å². The predicted molar refractivity (Wildman–Crippen MR) is 117 cm³/mol. The average molecular weight is 523 g/mol. The highest BCUT2D eigenvalue weighted by Gasteiger charge is 2.59. The van der Waals surface area contributed by atoms with E-state index in [9.17, 15) is 28.8 Å². The number of carbonyl (C=O) groups excluding carboxylic acids is 6. The number of thioether (sulfide) groups is 1. The van der Waals surface area contributed by atoms with Crippen LogP contribution < -0.4 is 0 Å². The van der Waals surface area contributed by atoms with E-state index in [1.165, 1.54) is 6.92 Å². The van der Waals surface area contributed by atoms with Gasteiger partial charge in [0.15, 0.2) is 23.4 Å². The molecule has 0 saturated carbocycles. The van der Waals surface area contributed by atoms with Crippen LogP contribution in [-0.2, 0) is 61.9 Å². The van der Waals surface area contributed by atoms with E-state index < -0.39 is 72.6 Å². The van der Waals surface area contributed by atoms with E-state index in [1.54, 1.807) is 0 Å². The summed E-state index contributed by atoms with van der Waals surface area (Å²) in [5.74, 6) is -6.60. The van der Waals surface area contributed by atoms with Crippen molar-refractivity contribution in [1.82, 2.24) is 0 Å². The fraction of sp³-hybridized carbons (Fsp3) is 0.714. The van der Waals surface area contributed by atoms with E-state index in [1.807, 2.05) is 0 Å². The Labute approximate surface area is 206 Å². The summed E-state index contributed by atoms with van der Waals surface area (Å²) in [6.45, 7) is 5.61. The van der Waals surface area contributed by atoms with Crippen LogP contribution in [0.25, 0.3) is 0 Å². The second-order valence-corrected chi connectivity index (χ2v) is 8.68. The van der Waals surface area contributed by atoms with Crippen LogP contribution in [0.2, 0.25) is 0 Å². The zero-order chi connectivity index (χ0) is 26.9. The molecule has 0 aromatic carbocycles. The summed E-state index contributed by atoms with van der Waals surface area (Å²) in [5, 5.41) is -0.330. The number of hydrogen-bond donors (Lipinski definition) is 0. The topological polar surface area (TPSA) is 167 Å². The van der Waals surface area contributed by atoms with E-state index in [2.05, 4.69) is 0 Å². The van der Waals surface area contributed by atoms with Crippen LogP contribution in [0.3, 0.4) is 0 Å². The number of hydrogen-bond acceptors (Lipinski definition) is 14. The van der Waals surface area contributed by atoms with Crippen molar-refractivity contribution in [1.29, 1.82) is 0 Å². The van der Waals surface area contributed by atoms with Crippen LogP contribution in [0.15, 0.2) is 0 Å². The van der Waals surface area contributed by atoms with E-state index in [0.29, 0.717) is 0 Å². The summed E-state index contributed by atoms with van der Waals surface area (Å²) >= 11 is 0.765. The lowest BCUT2D eigenvalue weighted by molar-refractivity contribution is -0.323. The van der Waals surface area contributed by atoms with Crippen LogP contribution in [0.1, 0.15) is 41.0 Å². The van der Waals surface area contributed by atoms with Gasteiger partial charge in [-0.3, -0.25) is 24.0 Å². The Bertz CT molecular complexity index is 828. The minimum atomic E-state index is -2.18. The second kappa shape index (κ2) is 13.4. The molecule has 0 spiro atoms. The van der Waals surface area contributed by atoms with Crippen molar-refractivity contribution < 1.29 is 61.9 Å². The summed E-state index contributed by atoms with van der Waals surface area (Å²) in [6.07, 6.45) is -7.63. The van der Waals surface area contributed by atoms with Crippen LogP contribution in [0.4, 0.5) is 0 Å². The van der Waals surface area contributed by atoms with Crippen molar-refractivity contribution in [3.8, 4) is 0 Å². The van der Waals surface area contributed by atoms with Gasteiger partial charge >= 0.3 is 29.8 Å². The second-order valence-electron chi connectivity index (χ2n) is 7.48. The fourth-order valence-corrected chi connectivity index (χ4v) is 4.15. The lowest BCUT2D eigenvalue weighted by atomic mass is 9.90. The Morgan fingerprint density at radius 3 is 1.89 bits per heavy atom. The monoisotopic (exact) mass is 522 g/mol. The Morgan fingerprint density at radius 2 is 1.46 bits per heavy atom. The van der Waals surface area contributed by atoms with Gasteiger partial charge in [-0.25, -0.2) is 4.79 Å². The molecule has 0 N–H and O–H groups in total. The van der Waals surface area contributed by atoms with Crippen LogP contribution in [-0.4, -0.2) is 91.2 Å². The van der Waals surface area contributed by atoms with Gasteiger partial charge in [0.25, 0.3) is 5.79 Å². The normalized spacial score (nSPS) is 25.4. The number of rotatable bonds is 10. The highest BCUT2D eigenvalue weighted by molar-refractivity contribution is 8.13. The highest BCUT2D eigenvalue weighted by Crippen LogP contribution is 2.38. The molecule has 0 amide bonds. The molecule has 0 bridgehead atoms. The molecule has 1 aliphatic heterocycles. The molecule has 13 nitrogen and oxygen atoms in total. The maximum absolute atomic E-state index is 12.7. The molecule has 1 aliphatic rings.